The van der Waals surface area contributed by atoms with Crippen molar-refractivity contribution < 1.29 is 18.8 Å². The lowest BCUT2D eigenvalue weighted by atomic mass is 9.95. The van der Waals surface area contributed by atoms with Crippen LogP contribution in [-0.2, 0) is 24.2 Å². The lowest BCUT2D eigenvalue weighted by Gasteiger charge is -2.25. The molecular formula is C19H19N3O4S. The fourth-order valence-electron chi connectivity index (χ4n) is 3.03. The molecule has 1 amide bonds. The van der Waals surface area contributed by atoms with Crippen LogP contribution < -0.4 is 14.8 Å². The van der Waals surface area contributed by atoms with Gasteiger partial charge in [0.2, 0.25) is 11.8 Å². The summed E-state index contributed by atoms with van der Waals surface area (Å²) < 4.78 is 16.3. The number of amides is 1. The van der Waals surface area contributed by atoms with Crippen molar-refractivity contribution in [2.24, 2.45) is 5.92 Å². The Labute approximate surface area is 160 Å². The molecule has 0 saturated carbocycles. The van der Waals surface area contributed by atoms with Crippen LogP contribution in [0.2, 0.25) is 0 Å². The highest BCUT2D eigenvalue weighted by Crippen LogP contribution is 2.36. The number of carbonyl (C=O) groups is 1. The Kier molecular flexibility index (Phi) is 5.06. The zero-order valence-corrected chi connectivity index (χ0v) is 15.6. The molecule has 0 saturated heterocycles. The lowest BCUT2D eigenvalue weighted by molar-refractivity contribution is -0.126. The molecule has 27 heavy (non-hydrogen) atoms. The number of hydrogen-bond donors (Lipinski definition) is 1. The molecule has 0 radical (unpaired) electrons. The number of para-hydroxylation sites is 1. The van der Waals surface area contributed by atoms with Gasteiger partial charge in [-0.1, -0.05) is 23.4 Å². The maximum atomic E-state index is 12.5. The molecule has 4 rings (SSSR count). The van der Waals surface area contributed by atoms with Gasteiger partial charge in [-0.05, 0) is 29.5 Å². The van der Waals surface area contributed by atoms with Crippen molar-refractivity contribution in [2.75, 3.05) is 13.7 Å². The summed E-state index contributed by atoms with van der Waals surface area (Å²) in [6.45, 7) is 0.545. The van der Waals surface area contributed by atoms with Crippen molar-refractivity contribution in [3.8, 4) is 11.5 Å². The molecular weight excluding hydrogens is 366 g/mol. The lowest BCUT2D eigenvalue weighted by Crippen LogP contribution is -2.37. The van der Waals surface area contributed by atoms with E-state index in [1.807, 2.05) is 35.7 Å². The first kappa shape index (κ1) is 17.5. The van der Waals surface area contributed by atoms with Gasteiger partial charge in [0, 0.05) is 4.88 Å². The van der Waals surface area contributed by atoms with Crippen molar-refractivity contribution in [3.63, 3.8) is 0 Å². The van der Waals surface area contributed by atoms with E-state index in [0.29, 0.717) is 36.9 Å². The first-order chi connectivity index (χ1) is 13.2. The molecule has 1 N–H and O–H groups in total. The van der Waals surface area contributed by atoms with Crippen LogP contribution in [0.5, 0.6) is 11.5 Å². The third-order valence-corrected chi connectivity index (χ3v) is 5.26. The van der Waals surface area contributed by atoms with E-state index < -0.39 is 0 Å². The minimum absolute atomic E-state index is 0.0897. The monoisotopic (exact) mass is 385 g/mol. The molecule has 1 aliphatic rings. The normalized spacial score (nSPS) is 15.7. The molecule has 0 aliphatic carbocycles. The van der Waals surface area contributed by atoms with Gasteiger partial charge in [0.1, 0.15) is 6.61 Å². The second-order valence-electron chi connectivity index (χ2n) is 6.24. The average molecular weight is 385 g/mol. The highest BCUT2D eigenvalue weighted by molar-refractivity contribution is 7.09. The summed E-state index contributed by atoms with van der Waals surface area (Å²) in [5.41, 5.74) is 0.971. The number of thiophene rings is 1. The van der Waals surface area contributed by atoms with Crippen LogP contribution in [0.3, 0.4) is 0 Å². The maximum absolute atomic E-state index is 12.5. The highest BCUT2D eigenvalue weighted by atomic mass is 32.1. The Morgan fingerprint density at radius 3 is 3.11 bits per heavy atom. The molecule has 0 fully saturated rings. The number of hydrogen-bond acceptors (Lipinski definition) is 7. The molecule has 0 bridgehead atoms. The third kappa shape index (κ3) is 3.95. The molecule has 1 aromatic carbocycles. The van der Waals surface area contributed by atoms with Crippen molar-refractivity contribution in [3.05, 3.63) is 57.9 Å². The quantitative estimate of drug-likeness (QED) is 0.702. The van der Waals surface area contributed by atoms with Gasteiger partial charge in [0.15, 0.2) is 17.3 Å². The minimum Gasteiger partial charge on any atom is -0.493 e. The number of nitrogens with zero attached hydrogens (tertiary/aromatic N) is 2. The van der Waals surface area contributed by atoms with E-state index in [9.17, 15) is 4.79 Å². The minimum atomic E-state index is -0.262. The Balaban J connectivity index is 1.33. The first-order valence-electron chi connectivity index (χ1n) is 8.63. The fourth-order valence-corrected chi connectivity index (χ4v) is 3.73. The van der Waals surface area contributed by atoms with E-state index in [0.717, 1.165) is 16.2 Å². The highest BCUT2D eigenvalue weighted by Gasteiger charge is 2.28. The van der Waals surface area contributed by atoms with Gasteiger partial charge < -0.3 is 19.3 Å². The molecule has 1 aliphatic heterocycles. The van der Waals surface area contributed by atoms with E-state index in [4.69, 9.17) is 14.0 Å². The van der Waals surface area contributed by atoms with E-state index >= 15 is 0 Å². The number of rotatable bonds is 6. The van der Waals surface area contributed by atoms with Crippen molar-refractivity contribution in [1.82, 2.24) is 15.5 Å². The van der Waals surface area contributed by atoms with Crippen LogP contribution >= 0.6 is 11.3 Å². The van der Waals surface area contributed by atoms with Gasteiger partial charge in [-0.3, -0.25) is 4.79 Å². The van der Waals surface area contributed by atoms with Gasteiger partial charge >= 0.3 is 0 Å². The SMILES string of the molecule is COc1cccc2c1OC[C@@H](C(=O)NCc1noc(Cc3cccs3)n1)C2. The number of ether oxygens (including phenoxy) is 2. The summed E-state index contributed by atoms with van der Waals surface area (Å²) in [6.07, 6.45) is 1.21. The predicted molar refractivity (Wildman–Crippen MR) is 99.0 cm³/mol. The average Bonchev–Trinajstić information content (AvgIpc) is 3.37. The molecule has 3 aromatic rings. The molecule has 0 spiro atoms. The summed E-state index contributed by atoms with van der Waals surface area (Å²) in [5, 5.41) is 8.80. The third-order valence-electron chi connectivity index (χ3n) is 4.38. The first-order valence-corrected chi connectivity index (χ1v) is 9.51. The van der Waals surface area contributed by atoms with Gasteiger partial charge in [-0.2, -0.15) is 4.98 Å². The molecule has 1 atom stereocenters. The van der Waals surface area contributed by atoms with Gasteiger partial charge in [0.25, 0.3) is 0 Å². The summed E-state index contributed by atoms with van der Waals surface area (Å²) >= 11 is 1.64. The van der Waals surface area contributed by atoms with Gasteiger partial charge in [-0.15, -0.1) is 11.3 Å². The zero-order chi connectivity index (χ0) is 18.6. The summed E-state index contributed by atoms with van der Waals surface area (Å²) in [4.78, 5) is 18.0. The number of fused-ring (bicyclic) bond motifs is 1. The Bertz CT molecular complexity index is 923. The van der Waals surface area contributed by atoms with Crippen molar-refractivity contribution in [1.29, 1.82) is 0 Å². The molecule has 140 valence electrons. The molecule has 2 aromatic heterocycles. The Morgan fingerprint density at radius 2 is 2.30 bits per heavy atom. The fraction of sp³-hybridized carbons (Fsp3) is 0.316. The summed E-state index contributed by atoms with van der Waals surface area (Å²) in [7, 11) is 1.61. The largest absolute Gasteiger partial charge is 0.493 e. The zero-order valence-electron chi connectivity index (χ0n) is 14.8. The maximum Gasteiger partial charge on any atom is 0.231 e. The molecule has 3 heterocycles. The number of benzene rings is 1. The second kappa shape index (κ2) is 7.79. The topological polar surface area (TPSA) is 86.5 Å². The summed E-state index contributed by atoms with van der Waals surface area (Å²) in [6, 6.07) is 9.70. The Hall–Kier alpha value is -2.87. The van der Waals surface area contributed by atoms with Crippen LogP contribution in [0.4, 0.5) is 0 Å². The number of methoxy groups -OCH3 is 1. The Morgan fingerprint density at radius 1 is 1.37 bits per heavy atom. The summed E-state index contributed by atoms with van der Waals surface area (Å²) in [5.74, 6) is 2.07. The second-order valence-corrected chi connectivity index (χ2v) is 7.27. The van der Waals surface area contributed by atoms with Crippen molar-refractivity contribution in [2.45, 2.75) is 19.4 Å². The smallest absolute Gasteiger partial charge is 0.231 e. The molecule has 0 unspecified atom stereocenters. The van der Waals surface area contributed by atoms with E-state index in [2.05, 4.69) is 15.5 Å². The van der Waals surface area contributed by atoms with E-state index in [-0.39, 0.29) is 18.4 Å². The molecule has 8 heteroatoms. The van der Waals surface area contributed by atoms with E-state index in [1.165, 1.54) is 0 Å². The predicted octanol–water partition coefficient (Wildman–Crippen LogP) is 2.60. The number of nitrogens with one attached hydrogen (secondary N) is 1. The van der Waals surface area contributed by atoms with Crippen LogP contribution in [0.1, 0.15) is 22.2 Å². The van der Waals surface area contributed by atoms with Gasteiger partial charge in [0.05, 0.1) is 26.0 Å². The standard InChI is InChI=1S/C19H19N3O4S/c1-24-15-6-2-4-12-8-13(11-25-18(12)15)19(23)20-10-16-21-17(26-22-16)9-14-5-3-7-27-14/h2-7,13H,8-11H2,1H3,(H,20,23)/t13-/m0/s1. The number of carbonyl (C=O) groups excluding carboxylic acids is 1. The van der Waals surface area contributed by atoms with E-state index in [1.54, 1.807) is 18.4 Å². The van der Waals surface area contributed by atoms with Crippen molar-refractivity contribution >= 4 is 17.2 Å². The van der Waals surface area contributed by atoms with Gasteiger partial charge in [-0.25, -0.2) is 0 Å². The molecule has 7 nitrogen and oxygen atoms in total. The van der Waals surface area contributed by atoms with Crippen LogP contribution in [0.25, 0.3) is 0 Å². The van der Waals surface area contributed by atoms with Crippen LogP contribution in [0.15, 0.2) is 40.2 Å². The van der Waals surface area contributed by atoms with Crippen LogP contribution in [-0.4, -0.2) is 29.8 Å². The number of aromatic nitrogens is 2. The van der Waals surface area contributed by atoms with Crippen LogP contribution in [0, 0.1) is 5.92 Å².